The maximum atomic E-state index is 11.5. The third-order valence-electron chi connectivity index (χ3n) is 4.61. The third-order valence-corrected chi connectivity index (χ3v) is 5.09. The van der Waals surface area contributed by atoms with Gasteiger partial charge >= 0.3 is 13.8 Å². The van der Waals surface area contributed by atoms with E-state index in [9.17, 15) is 14.5 Å². The van der Waals surface area contributed by atoms with Crippen molar-refractivity contribution in [3.63, 3.8) is 0 Å². The summed E-state index contributed by atoms with van der Waals surface area (Å²) in [6.45, 7) is 1.35. The molecule has 0 aliphatic heterocycles. The quantitative estimate of drug-likeness (QED) is 0.145. The van der Waals surface area contributed by atoms with E-state index in [4.69, 9.17) is 14.5 Å². The number of hydrogen-bond donors (Lipinski definition) is 3. The van der Waals surface area contributed by atoms with Crippen LogP contribution in [0, 0.1) is 0 Å². The molecule has 0 saturated heterocycles. The minimum Gasteiger partial charge on any atom is -0.463 e. The number of aliphatic hydroxyl groups is 1. The van der Waals surface area contributed by atoms with E-state index >= 15 is 0 Å². The molecule has 0 heterocycles. The van der Waals surface area contributed by atoms with E-state index in [2.05, 4.69) is 11.4 Å². The number of esters is 1. The summed E-state index contributed by atoms with van der Waals surface area (Å²) in [6.07, 6.45) is 16.5. The van der Waals surface area contributed by atoms with Crippen molar-refractivity contribution in [2.24, 2.45) is 0 Å². The van der Waals surface area contributed by atoms with Crippen molar-refractivity contribution < 1.29 is 33.5 Å². The molecule has 3 N–H and O–H groups in total. The summed E-state index contributed by atoms with van der Waals surface area (Å²) in [5, 5.41) is 9.41. The molecule has 0 aromatic rings. The van der Waals surface area contributed by atoms with Crippen molar-refractivity contribution in [2.75, 3.05) is 13.2 Å². The van der Waals surface area contributed by atoms with Gasteiger partial charge in [0.2, 0.25) is 0 Å². The summed E-state index contributed by atoms with van der Waals surface area (Å²) in [5.41, 5.74) is 0. The van der Waals surface area contributed by atoms with Gasteiger partial charge in [-0.3, -0.25) is 9.32 Å². The number of phosphoric ester groups is 1. The fourth-order valence-corrected chi connectivity index (χ4v) is 3.32. The second-order valence-electron chi connectivity index (χ2n) is 7.47. The largest absolute Gasteiger partial charge is 0.469 e. The molecule has 0 amide bonds. The van der Waals surface area contributed by atoms with Gasteiger partial charge in [-0.15, -0.1) is 0 Å². The molecular formula is C20H41O7P. The van der Waals surface area contributed by atoms with Gasteiger partial charge in [-0.05, 0) is 6.42 Å². The Morgan fingerprint density at radius 1 is 0.786 bits per heavy atom. The van der Waals surface area contributed by atoms with Crippen molar-refractivity contribution in [1.82, 2.24) is 0 Å². The van der Waals surface area contributed by atoms with Crippen molar-refractivity contribution in [3.05, 3.63) is 0 Å². The van der Waals surface area contributed by atoms with Crippen LogP contribution in [-0.2, 0) is 18.6 Å². The van der Waals surface area contributed by atoms with Crippen molar-refractivity contribution in [1.29, 1.82) is 0 Å². The van der Waals surface area contributed by atoms with E-state index in [1.54, 1.807) is 0 Å². The van der Waals surface area contributed by atoms with E-state index in [0.29, 0.717) is 6.42 Å². The number of hydrogen-bond acceptors (Lipinski definition) is 5. The van der Waals surface area contributed by atoms with Gasteiger partial charge in [-0.25, -0.2) is 4.57 Å². The number of carbonyl (C=O) groups is 1. The van der Waals surface area contributed by atoms with Gasteiger partial charge in [0.15, 0.2) is 0 Å². The molecule has 0 bridgehead atoms. The number of unbranched alkanes of at least 4 members (excludes halogenated alkanes) is 13. The standard InChI is InChI=1S/C20H41O7P/c1-2-3-4-5-6-7-8-9-10-11-12-13-14-15-16-20(22)26-17-19(21)18-27-28(23,24)25/h19,21H,2-18H2,1H3,(H2,23,24,25)/t19-/m1/s1. The number of carbonyl (C=O) groups excluding carboxylic acids is 1. The first-order valence-electron chi connectivity index (χ1n) is 10.9. The van der Waals surface area contributed by atoms with Crippen molar-refractivity contribution in [3.8, 4) is 0 Å². The predicted molar refractivity (Wildman–Crippen MR) is 110 cm³/mol. The minimum absolute atomic E-state index is 0.296. The van der Waals surface area contributed by atoms with Crippen LogP contribution in [0.2, 0.25) is 0 Å². The highest BCUT2D eigenvalue weighted by Crippen LogP contribution is 2.35. The van der Waals surface area contributed by atoms with Crippen molar-refractivity contribution in [2.45, 2.75) is 109 Å². The molecule has 0 unspecified atom stereocenters. The first kappa shape index (κ1) is 27.5. The second kappa shape index (κ2) is 18.6. The maximum absolute atomic E-state index is 11.5. The zero-order valence-electron chi connectivity index (χ0n) is 17.5. The number of phosphoric acid groups is 1. The van der Waals surface area contributed by atoms with Gasteiger partial charge in [0, 0.05) is 6.42 Å². The van der Waals surface area contributed by atoms with Crippen LogP contribution >= 0.6 is 7.82 Å². The summed E-state index contributed by atoms with van der Waals surface area (Å²) in [4.78, 5) is 28.6. The van der Waals surface area contributed by atoms with E-state index in [0.717, 1.165) is 19.3 Å². The molecule has 7 nitrogen and oxygen atoms in total. The normalized spacial score (nSPS) is 12.9. The molecule has 0 aliphatic carbocycles. The van der Waals surface area contributed by atoms with Crippen LogP contribution in [0.25, 0.3) is 0 Å². The minimum atomic E-state index is -4.61. The van der Waals surface area contributed by atoms with E-state index in [-0.39, 0.29) is 6.61 Å². The number of ether oxygens (including phenoxy) is 1. The van der Waals surface area contributed by atoms with Gasteiger partial charge in [0.1, 0.15) is 12.7 Å². The molecule has 0 aliphatic rings. The topological polar surface area (TPSA) is 113 Å². The highest BCUT2D eigenvalue weighted by Gasteiger charge is 2.17. The van der Waals surface area contributed by atoms with Crippen LogP contribution in [0.5, 0.6) is 0 Å². The maximum Gasteiger partial charge on any atom is 0.469 e. The first-order valence-corrected chi connectivity index (χ1v) is 12.4. The molecule has 0 rings (SSSR count). The molecule has 0 saturated carbocycles. The van der Waals surface area contributed by atoms with Gasteiger partial charge in [-0.2, -0.15) is 0 Å². The number of rotatable bonds is 20. The molecule has 0 fully saturated rings. The van der Waals surface area contributed by atoms with Crippen LogP contribution in [0.15, 0.2) is 0 Å². The Morgan fingerprint density at radius 3 is 1.64 bits per heavy atom. The lowest BCUT2D eigenvalue weighted by atomic mass is 10.0. The Morgan fingerprint density at radius 2 is 1.21 bits per heavy atom. The highest BCUT2D eigenvalue weighted by molar-refractivity contribution is 7.46. The Balaban J connectivity index is 3.31. The summed E-state index contributed by atoms with van der Waals surface area (Å²) < 4.78 is 19.5. The lowest BCUT2D eigenvalue weighted by Crippen LogP contribution is -2.23. The summed E-state index contributed by atoms with van der Waals surface area (Å²) >= 11 is 0. The first-order chi connectivity index (χ1) is 13.3. The van der Waals surface area contributed by atoms with Crippen LogP contribution in [0.1, 0.15) is 103 Å². The average Bonchev–Trinajstić information content (AvgIpc) is 2.64. The fraction of sp³-hybridized carbons (Fsp3) is 0.950. The zero-order chi connectivity index (χ0) is 21.1. The highest BCUT2D eigenvalue weighted by atomic mass is 31.2. The molecule has 0 radical (unpaired) electrons. The smallest absolute Gasteiger partial charge is 0.463 e. The van der Waals surface area contributed by atoms with E-state index < -0.39 is 26.5 Å². The van der Waals surface area contributed by atoms with Gasteiger partial charge in [-0.1, -0.05) is 90.4 Å². The van der Waals surface area contributed by atoms with E-state index in [1.807, 2.05) is 0 Å². The molecule has 0 aromatic heterocycles. The lowest BCUT2D eigenvalue weighted by Gasteiger charge is -2.12. The van der Waals surface area contributed by atoms with Gasteiger partial charge in [0.05, 0.1) is 6.61 Å². The fourth-order valence-electron chi connectivity index (χ4n) is 2.96. The summed E-state index contributed by atoms with van der Waals surface area (Å²) in [5.74, 6) is -0.408. The molecule has 1 atom stereocenters. The van der Waals surface area contributed by atoms with Gasteiger partial charge < -0.3 is 19.6 Å². The summed E-state index contributed by atoms with van der Waals surface area (Å²) in [6, 6.07) is 0. The Hall–Kier alpha value is -0.460. The van der Waals surface area contributed by atoms with Crippen LogP contribution in [0.3, 0.4) is 0 Å². The third kappa shape index (κ3) is 21.8. The van der Waals surface area contributed by atoms with Crippen LogP contribution in [0.4, 0.5) is 0 Å². The Kier molecular flexibility index (Phi) is 18.3. The monoisotopic (exact) mass is 424 g/mol. The van der Waals surface area contributed by atoms with Crippen molar-refractivity contribution >= 4 is 13.8 Å². The molecule has 0 spiro atoms. The molecule has 168 valence electrons. The molecular weight excluding hydrogens is 383 g/mol. The molecule has 0 aromatic carbocycles. The predicted octanol–water partition coefficient (Wildman–Crippen LogP) is 4.87. The Labute approximate surface area is 170 Å². The SMILES string of the molecule is CCCCCCCCCCCCCCCCC(=O)OC[C@@H](O)COP(=O)(O)O. The number of aliphatic hydroxyl groups excluding tert-OH is 1. The van der Waals surface area contributed by atoms with Crippen LogP contribution in [-0.4, -0.2) is 40.2 Å². The average molecular weight is 425 g/mol. The second-order valence-corrected chi connectivity index (χ2v) is 8.71. The van der Waals surface area contributed by atoms with Crippen LogP contribution < -0.4 is 0 Å². The van der Waals surface area contributed by atoms with E-state index in [1.165, 1.54) is 70.6 Å². The lowest BCUT2D eigenvalue weighted by molar-refractivity contribution is -0.147. The molecule has 28 heavy (non-hydrogen) atoms. The van der Waals surface area contributed by atoms with Gasteiger partial charge in [0.25, 0.3) is 0 Å². The summed E-state index contributed by atoms with van der Waals surface area (Å²) in [7, 11) is -4.61. The zero-order valence-corrected chi connectivity index (χ0v) is 18.4. The Bertz CT molecular complexity index is 411. The molecule has 8 heteroatoms.